The molecule has 0 aromatic heterocycles. The summed E-state index contributed by atoms with van der Waals surface area (Å²) in [6, 6.07) is 0. The Kier molecular flexibility index (Phi) is 4.49. The van der Waals surface area contributed by atoms with E-state index in [-0.39, 0.29) is 5.60 Å². The predicted octanol–water partition coefficient (Wildman–Crippen LogP) is 1.59. The van der Waals surface area contributed by atoms with Crippen molar-refractivity contribution in [2.24, 2.45) is 11.7 Å². The Bertz CT molecular complexity index is 201. The van der Waals surface area contributed by atoms with Crippen LogP contribution in [0.5, 0.6) is 0 Å². The Balaban J connectivity index is 2.59. The Morgan fingerprint density at radius 1 is 1.67 bits per heavy atom. The SMILES string of the molecule is COC1(C[C@@H](O)C(N)F)CCCC(C)C1. The topological polar surface area (TPSA) is 55.5 Å². The number of methoxy groups -OCH3 is 1. The molecule has 0 aromatic rings. The molecule has 1 saturated carbocycles. The molecule has 1 aliphatic rings. The Labute approximate surface area is 90.8 Å². The summed E-state index contributed by atoms with van der Waals surface area (Å²) in [5.41, 5.74) is 4.65. The van der Waals surface area contributed by atoms with Crippen molar-refractivity contribution < 1.29 is 14.2 Å². The van der Waals surface area contributed by atoms with Gasteiger partial charge >= 0.3 is 0 Å². The molecular weight excluding hydrogens is 197 g/mol. The van der Waals surface area contributed by atoms with Crippen molar-refractivity contribution in [2.75, 3.05) is 7.11 Å². The number of hydrogen-bond donors (Lipinski definition) is 2. The second-order valence-electron chi connectivity index (χ2n) is 4.80. The van der Waals surface area contributed by atoms with E-state index in [1.54, 1.807) is 7.11 Å². The molecule has 0 radical (unpaired) electrons. The highest BCUT2D eigenvalue weighted by molar-refractivity contribution is 4.89. The van der Waals surface area contributed by atoms with Crippen molar-refractivity contribution in [2.45, 2.75) is 57.0 Å². The van der Waals surface area contributed by atoms with Gasteiger partial charge < -0.3 is 9.84 Å². The standard InChI is InChI=1S/C11H22FNO2/c1-8-4-3-5-11(6-8,15-2)7-9(14)10(12)13/h8-10,14H,3-7,13H2,1-2H3/t8?,9-,10?,11?/m1/s1. The molecule has 1 fully saturated rings. The van der Waals surface area contributed by atoms with Crippen molar-refractivity contribution in [3.63, 3.8) is 0 Å². The maximum absolute atomic E-state index is 12.7. The molecule has 0 bridgehead atoms. The lowest BCUT2D eigenvalue weighted by Gasteiger charge is -2.40. The monoisotopic (exact) mass is 219 g/mol. The summed E-state index contributed by atoms with van der Waals surface area (Å²) in [5, 5.41) is 9.48. The number of alkyl halides is 1. The van der Waals surface area contributed by atoms with Crippen molar-refractivity contribution in [3.8, 4) is 0 Å². The minimum Gasteiger partial charge on any atom is -0.389 e. The molecule has 4 heteroatoms. The van der Waals surface area contributed by atoms with Gasteiger partial charge in [-0.05, 0) is 18.8 Å². The fourth-order valence-corrected chi connectivity index (χ4v) is 2.56. The molecule has 3 nitrogen and oxygen atoms in total. The van der Waals surface area contributed by atoms with Crippen LogP contribution in [0.4, 0.5) is 4.39 Å². The third kappa shape index (κ3) is 3.40. The van der Waals surface area contributed by atoms with Crippen LogP contribution in [0.15, 0.2) is 0 Å². The number of rotatable bonds is 4. The van der Waals surface area contributed by atoms with Gasteiger partial charge in [0.05, 0.1) is 5.60 Å². The summed E-state index contributed by atoms with van der Waals surface area (Å²) in [5.74, 6) is 0.571. The van der Waals surface area contributed by atoms with Gasteiger partial charge in [-0.15, -0.1) is 0 Å². The molecule has 3 unspecified atom stereocenters. The summed E-state index contributed by atoms with van der Waals surface area (Å²) < 4.78 is 18.2. The Hall–Kier alpha value is -0.190. The first-order valence-electron chi connectivity index (χ1n) is 5.62. The first kappa shape index (κ1) is 12.9. The van der Waals surface area contributed by atoms with Gasteiger partial charge in [0.15, 0.2) is 6.30 Å². The van der Waals surface area contributed by atoms with E-state index in [2.05, 4.69) is 6.92 Å². The largest absolute Gasteiger partial charge is 0.389 e. The van der Waals surface area contributed by atoms with Crippen molar-refractivity contribution in [1.82, 2.24) is 0 Å². The van der Waals surface area contributed by atoms with Gasteiger partial charge in [-0.2, -0.15) is 0 Å². The fraction of sp³-hybridized carbons (Fsp3) is 1.00. The summed E-state index contributed by atoms with van der Waals surface area (Å²) in [6.07, 6.45) is 1.53. The summed E-state index contributed by atoms with van der Waals surface area (Å²) in [4.78, 5) is 0. The van der Waals surface area contributed by atoms with Gasteiger partial charge in [-0.1, -0.05) is 19.8 Å². The summed E-state index contributed by atoms with van der Waals surface area (Å²) in [7, 11) is 1.63. The van der Waals surface area contributed by atoms with E-state index >= 15 is 0 Å². The minimum atomic E-state index is -1.67. The quantitative estimate of drug-likeness (QED) is 0.706. The molecule has 0 heterocycles. The van der Waals surface area contributed by atoms with Gasteiger partial charge in [-0.3, -0.25) is 5.73 Å². The van der Waals surface area contributed by atoms with Gasteiger partial charge in [-0.25, -0.2) is 4.39 Å². The van der Waals surface area contributed by atoms with E-state index in [1.807, 2.05) is 0 Å². The lowest BCUT2D eigenvalue weighted by atomic mass is 9.76. The zero-order valence-electron chi connectivity index (χ0n) is 9.58. The highest BCUT2D eigenvalue weighted by Gasteiger charge is 2.38. The lowest BCUT2D eigenvalue weighted by molar-refractivity contribution is -0.0918. The van der Waals surface area contributed by atoms with Crippen LogP contribution in [0, 0.1) is 5.92 Å². The zero-order chi connectivity index (χ0) is 11.5. The average molecular weight is 219 g/mol. The van der Waals surface area contributed by atoms with Crippen LogP contribution in [0.25, 0.3) is 0 Å². The molecule has 15 heavy (non-hydrogen) atoms. The highest BCUT2D eigenvalue weighted by atomic mass is 19.1. The second kappa shape index (κ2) is 5.23. The number of hydrogen-bond acceptors (Lipinski definition) is 3. The molecule has 0 amide bonds. The molecule has 90 valence electrons. The third-order valence-corrected chi connectivity index (χ3v) is 3.43. The fourth-order valence-electron chi connectivity index (χ4n) is 2.56. The van der Waals surface area contributed by atoms with Crippen LogP contribution >= 0.6 is 0 Å². The van der Waals surface area contributed by atoms with E-state index in [1.165, 1.54) is 6.42 Å². The van der Waals surface area contributed by atoms with Crippen LogP contribution in [0.2, 0.25) is 0 Å². The maximum Gasteiger partial charge on any atom is 0.174 e. The van der Waals surface area contributed by atoms with Crippen LogP contribution in [-0.2, 0) is 4.74 Å². The molecule has 4 atom stereocenters. The van der Waals surface area contributed by atoms with E-state index in [0.29, 0.717) is 12.3 Å². The smallest absolute Gasteiger partial charge is 0.174 e. The van der Waals surface area contributed by atoms with E-state index < -0.39 is 12.4 Å². The van der Waals surface area contributed by atoms with Crippen molar-refractivity contribution >= 4 is 0 Å². The summed E-state index contributed by atoms with van der Waals surface area (Å²) >= 11 is 0. The normalized spacial score (nSPS) is 36.2. The second-order valence-corrected chi connectivity index (χ2v) is 4.80. The molecule has 0 saturated heterocycles. The molecule has 0 aromatic carbocycles. The van der Waals surface area contributed by atoms with Gasteiger partial charge in [0.1, 0.15) is 6.10 Å². The first-order chi connectivity index (χ1) is 6.99. The van der Waals surface area contributed by atoms with Crippen LogP contribution < -0.4 is 5.73 Å². The number of aliphatic hydroxyl groups excluding tert-OH is 1. The van der Waals surface area contributed by atoms with Crippen LogP contribution in [-0.4, -0.2) is 30.2 Å². The van der Waals surface area contributed by atoms with Crippen molar-refractivity contribution in [1.29, 1.82) is 0 Å². The zero-order valence-corrected chi connectivity index (χ0v) is 9.58. The van der Waals surface area contributed by atoms with Crippen molar-refractivity contribution in [3.05, 3.63) is 0 Å². The van der Waals surface area contributed by atoms with Crippen LogP contribution in [0.3, 0.4) is 0 Å². The number of ether oxygens (including phenoxy) is 1. The lowest BCUT2D eigenvalue weighted by Crippen LogP contribution is -2.44. The number of aliphatic hydroxyl groups is 1. The highest BCUT2D eigenvalue weighted by Crippen LogP contribution is 2.38. The number of halogens is 1. The Morgan fingerprint density at radius 2 is 2.33 bits per heavy atom. The summed E-state index contributed by atoms with van der Waals surface area (Å²) in [6.45, 7) is 2.16. The third-order valence-electron chi connectivity index (χ3n) is 3.43. The Morgan fingerprint density at radius 3 is 2.80 bits per heavy atom. The van der Waals surface area contributed by atoms with E-state index in [0.717, 1.165) is 19.3 Å². The first-order valence-corrected chi connectivity index (χ1v) is 5.62. The van der Waals surface area contributed by atoms with Gasteiger partial charge in [0.25, 0.3) is 0 Å². The molecule has 1 rings (SSSR count). The van der Waals surface area contributed by atoms with E-state index in [4.69, 9.17) is 10.5 Å². The van der Waals surface area contributed by atoms with E-state index in [9.17, 15) is 9.50 Å². The van der Waals surface area contributed by atoms with Crippen LogP contribution in [0.1, 0.15) is 39.0 Å². The average Bonchev–Trinajstić information content (AvgIpc) is 2.17. The van der Waals surface area contributed by atoms with Gasteiger partial charge in [0, 0.05) is 13.5 Å². The maximum atomic E-state index is 12.7. The molecule has 3 N–H and O–H groups in total. The van der Waals surface area contributed by atoms with Gasteiger partial charge in [0.2, 0.25) is 0 Å². The number of nitrogens with two attached hydrogens (primary N) is 1. The molecule has 0 spiro atoms. The minimum absolute atomic E-state index is 0.297. The molecular formula is C11H22FNO2. The molecule has 0 aliphatic heterocycles. The molecule has 1 aliphatic carbocycles. The predicted molar refractivity (Wildman–Crippen MR) is 57.1 cm³/mol.